The molecule has 0 aliphatic heterocycles. The lowest BCUT2D eigenvalue weighted by atomic mass is 9.98. The Balaban J connectivity index is 1.59. The summed E-state index contributed by atoms with van der Waals surface area (Å²) in [5.41, 5.74) is 0. The first-order valence-corrected chi connectivity index (χ1v) is 6.78. The highest BCUT2D eigenvalue weighted by Crippen LogP contribution is 2.48. The lowest BCUT2D eigenvalue weighted by Crippen LogP contribution is -2.33. The number of hydrogen-bond acceptors (Lipinski definition) is 2. The van der Waals surface area contributed by atoms with E-state index in [4.69, 9.17) is 0 Å². The molecule has 2 saturated carbocycles. The summed E-state index contributed by atoms with van der Waals surface area (Å²) in [5, 5.41) is 6.28. The summed E-state index contributed by atoms with van der Waals surface area (Å²) in [6, 6.07) is 0. The maximum atomic E-state index is 11.6. The summed E-state index contributed by atoms with van der Waals surface area (Å²) in [6.45, 7) is 4.74. The van der Waals surface area contributed by atoms with Crippen LogP contribution in [-0.2, 0) is 4.79 Å². The molecule has 3 nitrogen and oxygen atoms in total. The van der Waals surface area contributed by atoms with Gasteiger partial charge in [-0.3, -0.25) is 4.79 Å². The van der Waals surface area contributed by atoms with Crippen molar-refractivity contribution in [3.8, 4) is 0 Å². The first kappa shape index (κ1) is 11.9. The average molecular weight is 224 g/mol. The van der Waals surface area contributed by atoms with Gasteiger partial charge < -0.3 is 10.6 Å². The molecule has 0 aromatic carbocycles. The van der Waals surface area contributed by atoms with Crippen molar-refractivity contribution in [1.82, 2.24) is 10.6 Å². The Kier molecular flexibility index (Phi) is 4.22. The van der Waals surface area contributed by atoms with E-state index in [-0.39, 0.29) is 5.91 Å². The zero-order valence-corrected chi connectivity index (χ0v) is 10.3. The largest absolute Gasteiger partial charge is 0.356 e. The van der Waals surface area contributed by atoms with Crippen LogP contribution in [0, 0.1) is 17.8 Å². The second-order valence-corrected chi connectivity index (χ2v) is 5.25. The van der Waals surface area contributed by atoms with Crippen molar-refractivity contribution in [2.24, 2.45) is 17.8 Å². The van der Waals surface area contributed by atoms with Crippen molar-refractivity contribution in [3.63, 3.8) is 0 Å². The van der Waals surface area contributed by atoms with Gasteiger partial charge in [-0.15, -0.1) is 0 Å². The maximum absolute atomic E-state index is 11.6. The van der Waals surface area contributed by atoms with Crippen molar-refractivity contribution in [2.75, 3.05) is 19.6 Å². The number of hydrogen-bond donors (Lipinski definition) is 2. The normalized spacial score (nSPS) is 20.1. The Morgan fingerprint density at radius 2 is 1.88 bits per heavy atom. The minimum Gasteiger partial charge on any atom is -0.356 e. The molecule has 0 atom stereocenters. The topological polar surface area (TPSA) is 41.1 Å². The highest BCUT2D eigenvalue weighted by atomic mass is 16.1. The molecule has 0 heterocycles. The van der Waals surface area contributed by atoms with Gasteiger partial charge in [0.15, 0.2) is 0 Å². The predicted octanol–water partition coefficient (Wildman–Crippen LogP) is 1.54. The fourth-order valence-corrected chi connectivity index (χ4v) is 2.47. The van der Waals surface area contributed by atoms with Crippen molar-refractivity contribution in [3.05, 3.63) is 0 Å². The van der Waals surface area contributed by atoms with E-state index in [1.54, 1.807) is 0 Å². The first-order valence-electron chi connectivity index (χ1n) is 6.78. The Hall–Kier alpha value is -0.570. The molecular weight excluding hydrogens is 200 g/mol. The molecule has 0 saturated heterocycles. The summed E-state index contributed by atoms with van der Waals surface area (Å²) in [5.74, 6) is 2.87. The van der Waals surface area contributed by atoms with Gasteiger partial charge in [-0.05, 0) is 50.0 Å². The SMILES string of the molecule is CCNCCC(=O)NCC(C1CC1)C1CC1. The number of amides is 1. The van der Waals surface area contributed by atoms with E-state index in [0.29, 0.717) is 6.42 Å². The molecule has 0 bridgehead atoms. The van der Waals surface area contributed by atoms with Crippen LogP contribution in [0.1, 0.15) is 39.0 Å². The third kappa shape index (κ3) is 3.78. The van der Waals surface area contributed by atoms with Crippen LogP contribution >= 0.6 is 0 Å². The van der Waals surface area contributed by atoms with E-state index in [1.165, 1.54) is 25.7 Å². The van der Waals surface area contributed by atoms with Crippen LogP contribution in [0.3, 0.4) is 0 Å². The number of nitrogens with one attached hydrogen (secondary N) is 2. The van der Waals surface area contributed by atoms with Crippen molar-refractivity contribution in [2.45, 2.75) is 39.0 Å². The second kappa shape index (κ2) is 5.67. The lowest BCUT2D eigenvalue weighted by Gasteiger charge is -2.16. The molecular formula is C13H24N2O. The molecule has 2 N–H and O–H groups in total. The molecule has 0 unspecified atom stereocenters. The minimum absolute atomic E-state index is 0.215. The summed E-state index contributed by atoms with van der Waals surface area (Å²) in [4.78, 5) is 11.6. The van der Waals surface area contributed by atoms with Gasteiger partial charge in [0.2, 0.25) is 5.91 Å². The molecule has 2 aliphatic rings. The van der Waals surface area contributed by atoms with Gasteiger partial charge in [0, 0.05) is 19.5 Å². The fourth-order valence-electron chi connectivity index (χ4n) is 2.47. The smallest absolute Gasteiger partial charge is 0.221 e. The maximum Gasteiger partial charge on any atom is 0.221 e. The third-order valence-electron chi connectivity index (χ3n) is 3.77. The summed E-state index contributed by atoms with van der Waals surface area (Å²) >= 11 is 0. The third-order valence-corrected chi connectivity index (χ3v) is 3.77. The van der Waals surface area contributed by atoms with Crippen molar-refractivity contribution in [1.29, 1.82) is 0 Å². The first-order chi connectivity index (χ1) is 7.81. The van der Waals surface area contributed by atoms with Crippen LogP contribution < -0.4 is 10.6 Å². The number of carbonyl (C=O) groups excluding carboxylic acids is 1. The molecule has 0 aromatic heterocycles. The summed E-state index contributed by atoms with van der Waals surface area (Å²) < 4.78 is 0. The van der Waals surface area contributed by atoms with Crippen LogP contribution in [0.2, 0.25) is 0 Å². The molecule has 0 radical (unpaired) electrons. The van der Waals surface area contributed by atoms with E-state index in [2.05, 4.69) is 17.6 Å². The Labute approximate surface area is 98.4 Å². The highest BCUT2D eigenvalue weighted by molar-refractivity contribution is 5.76. The lowest BCUT2D eigenvalue weighted by molar-refractivity contribution is -0.121. The van der Waals surface area contributed by atoms with Crippen molar-refractivity contribution >= 4 is 5.91 Å². The molecule has 0 spiro atoms. The summed E-state index contributed by atoms with van der Waals surface area (Å²) in [7, 11) is 0. The number of carbonyl (C=O) groups is 1. The minimum atomic E-state index is 0.215. The van der Waals surface area contributed by atoms with E-state index in [0.717, 1.165) is 37.4 Å². The molecule has 2 fully saturated rings. The zero-order valence-electron chi connectivity index (χ0n) is 10.3. The molecule has 0 aromatic rings. The predicted molar refractivity (Wildman–Crippen MR) is 65.1 cm³/mol. The van der Waals surface area contributed by atoms with E-state index in [9.17, 15) is 4.79 Å². The van der Waals surface area contributed by atoms with Crippen LogP contribution in [0.15, 0.2) is 0 Å². The molecule has 2 aliphatic carbocycles. The Morgan fingerprint density at radius 1 is 1.25 bits per heavy atom. The Bertz CT molecular complexity index is 222. The van der Waals surface area contributed by atoms with Crippen LogP contribution in [0.25, 0.3) is 0 Å². The van der Waals surface area contributed by atoms with E-state index < -0.39 is 0 Å². The zero-order chi connectivity index (χ0) is 11.4. The molecule has 2 rings (SSSR count). The quantitative estimate of drug-likeness (QED) is 0.614. The molecule has 1 amide bonds. The molecule has 92 valence electrons. The van der Waals surface area contributed by atoms with E-state index in [1.807, 2.05) is 0 Å². The monoisotopic (exact) mass is 224 g/mol. The van der Waals surface area contributed by atoms with Crippen LogP contribution in [-0.4, -0.2) is 25.5 Å². The number of rotatable bonds is 8. The van der Waals surface area contributed by atoms with Crippen molar-refractivity contribution < 1.29 is 4.79 Å². The van der Waals surface area contributed by atoms with Crippen LogP contribution in [0.5, 0.6) is 0 Å². The average Bonchev–Trinajstić information content (AvgIpc) is 3.13. The van der Waals surface area contributed by atoms with Gasteiger partial charge in [0.1, 0.15) is 0 Å². The van der Waals surface area contributed by atoms with Gasteiger partial charge in [-0.1, -0.05) is 6.92 Å². The fraction of sp³-hybridized carbons (Fsp3) is 0.923. The molecule has 3 heteroatoms. The van der Waals surface area contributed by atoms with E-state index >= 15 is 0 Å². The standard InChI is InChI=1S/C13H24N2O/c1-2-14-8-7-13(16)15-9-12(10-3-4-10)11-5-6-11/h10-12,14H,2-9H2,1H3,(H,15,16). The highest BCUT2D eigenvalue weighted by Gasteiger charge is 2.41. The van der Waals surface area contributed by atoms with Gasteiger partial charge in [0.05, 0.1) is 0 Å². The summed E-state index contributed by atoms with van der Waals surface area (Å²) in [6.07, 6.45) is 6.21. The van der Waals surface area contributed by atoms with Crippen LogP contribution in [0.4, 0.5) is 0 Å². The van der Waals surface area contributed by atoms with Gasteiger partial charge in [0.25, 0.3) is 0 Å². The van der Waals surface area contributed by atoms with Gasteiger partial charge >= 0.3 is 0 Å². The second-order valence-electron chi connectivity index (χ2n) is 5.25. The Morgan fingerprint density at radius 3 is 2.38 bits per heavy atom. The molecule has 16 heavy (non-hydrogen) atoms. The van der Waals surface area contributed by atoms with Gasteiger partial charge in [-0.25, -0.2) is 0 Å². The van der Waals surface area contributed by atoms with Gasteiger partial charge in [-0.2, -0.15) is 0 Å².